The Labute approximate surface area is 132 Å². The molecule has 0 bridgehead atoms. The average molecular weight is 339 g/mol. The molecule has 112 valence electrons. The van der Waals surface area contributed by atoms with Gasteiger partial charge in [0.25, 0.3) is 0 Å². The fourth-order valence-electron chi connectivity index (χ4n) is 3.06. The van der Waals surface area contributed by atoms with Gasteiger partial charge in [-0.25, -0.2) is 0 Å². The summed E-state index contributed by atoms with van der Waals surface area (Å²) in [5, 5.41) is 3.68. The van der Waals surface area contributed by atoms with Gasteiger partial charge in [-0.3, -0.25) is 0 Å². The first-order chi connectivity index (χ1) is 9.60. The van der Waals surface area contributed by atoms with Gasteiger partial charge in [-0.2, -0.15) is 0 Å². The lowest BCUT2D eigenvalue weighted by molar-refractivity contribution is 0.176. The van der Waals surface area contributed by atoms with Crippen LogP contribution in [-0.2, 0) is 0 Å². The van der Waals surface area contributed by atoms with Gasteiger partial charge < -0.3 is 10.2 Å². The lowest BCUT2D eigenvalue weighted by Gasteiger charge is -2.35. The number of nitrogens with zero attached hydrogens (tertiary/aromatic N) is 1. The van der Waals surface area contributed by atoms with Crippen molar-refractivity contribution in [2.45, 2.75) is 46.1 Å². The molecule has 1 N–H and O–H groups in total. The van der Waals surface area contributed by atoms with Crippen molar-refractivity contribution in [2.75, 3.05) is 25.0 Å². The first-order valence-electron chi connectivity index (χ1n) is 7.85. The van der Waals surface area contributed by atoms with Crippen molar-refractivity contribution in [2.24, 2.45) is 5.92 Å². The molecule has 1 aromatic rings. The predicted molar refractivity (Wildman–Crippen MR) is 91.4 cm³/mol. The van der Waals surface area contributed by atoms with Crippen LogP contribution in [0.5, 0.6) is 0 Å². The highest BCUT2D eigenvalue weighted by Crippen LogP contribution is 2.25. The second-order valence-electron chi connectivity index (χ2n) is 6.08. The zero-order chi connectivity index (χ0) is 14.5. The van der Waals surface area contributed by atoms with E-state index < -0.39 is 0 Å². The van der Waals surface area contributed by atoms with E-state index in [1.807, 2.05) is 0 Å². The van der Waals surface area contributed by atoms with Gasteiger partial charge >= 0.3 is 0 Å². The SMILES string of the molecule is CCCN1CCC(C(C)Nc2ccc(C)c(Br)c2)CC1. The van der Waals surface area contributed by atoms with E-state index >= 15 is 0 Å². The summed E-state index contributed by atoms with van der Waals surface area (Å²) in [5.41, 5.74) is 2.52. The van der Waals surface area contributed by atoms with Crippen LogP contribution in [0.4, 0.5) is 5.69 Å². The molecule has 1 fully saturated rings. The molecule has 1 saturated heterocycles. The van der Waals surface area contributed by atoms with Gasteiger partial charge in [-0.15, -0.1) is 0 Å². The van der Waals surface area contributed by atoms with Crippen LogP contribution < -0.4 is 5.32 Å². The summed E-state index contributed by atoms with van der Waals surface area (Å²) in [6, 6.07) is 7.09. The number of benzene rings is 1. The molecule has 0 spiro atoms. The Kier molecular flexibility index (Phi) is 5.91. The summed E-state index contributed by atoms with van der Waals surface area (Å²) in [6.07, 6.45) is 3.91. The average Bonchev–Trinajstić information content (AvgIpc) is 2.44. The van der Waals surface area contributed by atoms with Crippen molar-refractivity contribution in [3.8, 4) is 0 Å². The number of piperidine rings is 1. The predicted octanol–water partition coefficient (Wildman–Crippen LogP) is 4.68. The highest BCUT2D eigenvalue weighted by Gasteiger charge is 2.23. The van der Waals surface area contributed by atoms with E-state index in [9.17, 15) is 0 Å². The minimum atomic E-state index is 0.549. The first kappa shape index (κ1) is 15.8. The Bertz CT molecular complexity index is 425. The molecule has 0 aromatic heterocycles. The van der Waals surface area contributed by atoms with Crippen LogP contribution in [0.15, 0.2) is 22.7 Å². The number of hydrogen-bond acceptors (Lipinski definition) is 2. The van der Waals surface area contributed by atoms with E-state index in [2.05, 4.69) is 65.1 Å². The molecule has 1 heterocycles. The molecule has 0 saturated carbocycles. The summed E-state index contributed by atoms with van der Waals surface area (Å²) in [7, 11) is 0. The van der Waals surface area contributed by atoms with Gasteiger partial charge in [-0.05, 0) is 76.4 Å². The van der Waals surface area contributed by atoms with E-state index in [1.165, 1.54) is 54.6 Å². The normalized spacial score (nSPS) is 19.0. The van der Waals surface area contributed by atoms with Gasteiger partial charge in [-0.1, -0.05) is 28.9 Å². The molecule has 0 aliphatic carbocycles. The van der Waals surface area contributed by atoms with Crippen molar-refractivity contribution in [3.05, 3.63) is 28.2 Å². The van der Waals surface area contributed by atoms with Crippen LogP contribution >= 0.6 is 15.9 Å². The molecule has 0 radical (unpaired) electrons. The van der Waals surface area contributed by atoms with Crippen molar-refractivity contribution in [1.29, 1.82) is 0 Å². The fourth-order valence-corrected chi connectivity index (χ4v) is 3.43. The molecule has 1 atom stereocenters. The van der Waals surface area contributed by atoms with Crippen LogP contribution in [0, 0.1) is 12.8 Å². The third kappa shape index (κ3) is 4.23. The first-order valence-corrected chi connectivity index (χ1v) is 8.64. The van der Waals surface area contributed by atoms with Crippen molar-refractivity contribution in [3.63, 3.8) is 0 Å². The largest absolute Gasteiger partial charge is 0.382 e. The Balaban J connectivity index is 1.86. The van der Waals surface area contributed by atoms with Gasteiger partial charge in [0.1, 0.15) is 0 Å². The van der Waals surface area contributed by atoms with Crippen molar-refractivity contribution >= 4 is 21.6 Å². The number of aryl methyl sites for hydroxylation is 1. The maximum Gasteiger partial charge on any atom is 0.0353 e. The van der Waals surface area contributed by atoms with Crippen LogP contribution in [0.1, 0.15) is 38.7 Å². The topological polar surface area (TPSA) is 15.3 Å². The van der Waals surface area contributed by atoms with Crippen molar-refractivity contribution in [1.82, 2.24) is 4.90 Å². The zero-order valence-electron chi connectivity index (χ0n) is 13.0. The molecule has 1 aliphatic rings. The van der Waals surface area contributed by atoms with Gasteiger partial charge in [0.15, 0.2) is 0 Å². The van der Waals surface area contributed by atoms with Crippen LogP contribution in [-0.4, -0.2) is 30.6 Å². The number of nitrogens with one attached hydrogen (secondary N) is 1. The summed E-state index contributed by atoms with van der Waals surface area (Å²) < 4.78 is 1.19. The highest BCUT2D eigenvalue weighted by molar-refractivity contribution is 9.10. The number of hydrogen-bond donors (Lipinski definition) is 1. The second-order valence-corrected chi connectivity index (χ2v) is 6.93. The second kappa shape index (κ2) is 7.46. The van der Waals surface area contributed by atoms with Gasteiger partial charge in [0.05, 0.1) is 0 Å². The summed E-state index contributed by atoms with van der Waals surface area (Å²) in [4.78, 5) is 2.60. The van der Waals surface area contributed by atoms with Crippen LogP contribution in [0.25, 0.3) is 0 Å². The van der Waals surface area contributed by atoms with Gasteiger partial charge in [0.2, 0.25) is 0 Å². The van der Waals surface area contributed by atoms with E-state index in [0.717, 1.165) is 5.92 Å². The molecule has 3 heteroatoms. The quantitative estimate of drug-likeness (QED) is 0.838. The lowest BCUT2D eigenvalue weighted by atomic mass is 9.90. The smallest absolute Gasteiger partial charge is 0.0353 e. The Morgan fingerprint density at radius 2 is 2.05 bits per heavy atom. The summed E-state index contributed by atoms with van der Waals surface area (Å²) in [5.74, 6) is 0.795. The van der Waals surface area contributed by atoms with Gasteiger partial charge in [0, 0.05) is 16.2 Å². The van der Waals surface area contributed by atoms with E-state index in [0.29, 0.717) is 6.04 Å². The third-order valence-electron chi connectivity index (χ3n) is 4.45. The molecular weight excluding hydrogens is 312 g/mol. The van der Waals surface area contributed by atoms with E-state index in [1.54, 1.807) is 0 Å². The van der Waals surface area contributed by atoms with E-state index in [-0.39, 0.29) is 0 Å². The molecule has 2 rings (SSSR count). The summed E-state index contributed by atoms with van der Waals surface area (Å²) in [6.45, 7) is 10.5. The molecule has 1 aromatic carbocycles. The highest BCUT2D eigenvalue weighted by atomic mass is 79.9. The standard InChI is InChI=1S/C17H27BrN2/c1-4-9-20-10-7-15(8-11-20)14(3)19-16-6-5-13(2)17(18)12-16/h5-6,12,14-15,19H,4,7-11H2,1-3H3. The molecule has 20 heavy (non-hydrogen) atoms. The minimum absolute atomic E-state index is 0.549. The number of likely N-dealkylation sites (tertiary alicyclic amines) is 1. The zero-order valence-corrected chi connectivity index (χ0v) is 14.5. The maximum absolute atomic E-state index is 3.68. The maximum atomic E-state index is 3.68. The number of rotatable bonds is 5. The van der Waals surface area contributed by atoms with Crippen LogP contribution in [0.2, 0.25) is 0 Å². The molecule has 1 unspecified atom stereocenters. The molecule has 2 nitrogen and oxygen atoms in total. The minimum Gasteiger partial charge on any atom is -0.382 e. The third-order valence-corrected chi connectivity index (χ3v) is 5.30. The summed E-state index contributed by atoms with van der Waals surface area (Å²) >= 11 is 3.61. The molecular formula is C17H27BrN2. The molecule has 1 aliphatic heterocycles. The lowest BCUT2D eigenvalue weighted by Crippen LogP contribution is -2.39. The Morgan fingerprint density at radius 3 is 2.65 bits per heavy atom. The number of anilines is 1. The van der Waals surface area contributed by atoms with E-state index in [4.69, 9.17) is 0 Å². The molecule has 0 amide bonds. The monoisotopic (exact) mass is 338 g/mol. The number of halogens is 1. The Hall–Kier alpha value is -0.540. The van der Waals surface area contributed by atoms with Crippen molar-refractivity contribution < 1.29 is 0 Å². The fraction of sp³-hybridized carbons (Fsp3) is 0.647. The van der Waals surface area contributed by atoms with Crippen LogP contribution in [0.3, 0.4) is 0 Å². The Morgan fingerprint density at radius 1 is 1.35 bits per heavy atom.